The fourth-order valence-corrected chi connectivity index (χ4v) is 4.31. The van der Waals surface area contributed by atoms with Crippen molar-refractivity contribution in [1.29, 1.82) is 0 Å². The Hall–Kier alpha value is -3.59. The first-order chi connectivity index (χ1) is 16.3. The van der Waals surface area contributed by atoms with Gasteiger partial charge in [-0.2, -0.15) is 31.1 Å². The van der Waals surface area contributed by atoms with Gasteiger partial charge in [0.15, 0.2) is 5.82 Å². The van der Waals surface area contributed by atoms with Crippen LogP contribution in [0.3, 0.4) is 0 Å². The Morgan fingerprint density at radius 3 is 2.26 bits per heavy atom. The van der Waals surface area contributed by atoms with Crippen LogP contribution in [0.5, 0.6) is 0 Å². The van der Waals surface area contributed by atoms with E-state index < -0.39 is 38.9 Å². The minimum absolute atomic E-state index is 0.0969. The number of hydrogen-bond donors (Lipinski definition) is 1. The van der Waals surface area contributed by atoms with Crippen molar-refractivity contribution < 1.29 is 34.8 Å². The van der Waals surface area contributed by atoms with Crippen LogP contribution in [0.25, 0.3) is 28.2 Å². The summed E-state index contributed by atoms with van der Waals surface area (Å²) < 4.78 is 105. The molecule has 4 heterocycles. The van der Waals surface area contributed by atoms with E-state index in [1.165, 1.54) is 40.0 Å². The molecule has 4 aromatic heterocycles. The molecule has 0 saturated heterocycles. The highest BCUT2D eigenvalue weighted by molar-refractivity contribution is 7.89. The smallest absolute Gasteiger partial charge is 0.275 e. The van der Waals surface area contributed by atoms with Crippen LogP contribution in [-0.4, -0.2) is 45.1 Å². The topological polar surface area (TPSA) is 103 Å². The molecule has 0 fully saturated rings. The molecule has 0 radical (unpaired) electrons. The highest BCUT2D eigenvalue weighted by Crippen LogP contribution is 2.34. The molecule has 184 valence electrons. The molecule has 0 unspecified atom stereocenters. The lowest BCUT2D eigenvalue weighted by atomic mass is 10.2. The summed E-state index contributed by atoms with van der Waals surface area (Å²) in [6.45, 7) is 0.654. The van der Waals surface area contributed by atoms with E-state index in [-0.39, 0.29) is 28.2 Å². The average molecular weight is 516 g/mol. The molecule has 1 atom stereocenters. The molecule has 4 rings (SSSR count). The third-order valence-corrected chi connectivity index (χ3v) is 6.40. The van der Waals surface area contributed by atoms with Crippen molar-refractivity contribution in [3.63, 3.8) is 0 Å². The number of nitrogens with zero attached hydrogens (tertiary/aromatic N) is 5. The molecular weight excluding hydrogens is 502 g/mol. The fraction of sp³-hybridized carbons (Fsp3) is 0.200. The van der Waals surface area contributed by atoms with Crippen LogP contribution in [0.15, 0.2) is 60.1 Å². The monoisotopic (exact) mass is 516 g/mol. The third-order valence-electron chi connectivity index (χ3n) is 4.88. The summed E-state index contributed by atoms with van der Waals surface area (Å²) >= 11 is 0. The molecule has 0 aromatic carbocycles. The van der Waals surface area contributed by atoms with E-state index in [9.17, 15) is 34.8 Å². The summed E-state index contributed by atoms with van der Waals surface area (Å²) in [5, 5.41) is 0.0969. The van der Waals surface area contributed by atoms with Crippen LogP contribution in [0.2, 0.25) is 0 Å². The summed E-state index contributed by atoms with van der Waals surface area (Å²) in [4.78, 5) is 15.5. The lowest BCUT2D eigenvalue weighted by molar-refractivity contribution is -0.147. The van der Waals surface area contributed by atoms with E-state index in [0.717, 1.165) is 18.3 Å². The minimum Gasteiger partial charge on any atom is -0.275 e. The number of pyridine rings is 2. The summed E-state index contributed by atoms with van der Waals surface area (Å²) in [7, 11) is -4.55. The predicted octanol–water partition coefficient (Wildman–Crippen LogP) is 4.13. The van der Waals surface area contributed by atoms with Crippen molar-refractivity contribution in [2.75, 3.05) is 0 Å². The standard InChI is InChI=1S/C20H14F6N6O2S/c1-11(19(21,22)23)31-35(33,34)14-2-3-15(29-9-14)16-7-12-6-13(20(24,25)26)8-30-18(12)32(16)17-10-27-4-5-28-17/h2-11,31H,1H3/t11-/m0/s1. The Labute approximate surface area is 193 Å². The van der Waals surface area contributed by atoms with Gasteiger partial charge in [-0.15, -0.1) is 0 Å². The molecule has 0 amide bonds. The Morgan fingerprint density at radius 1 is 0.943 bits per heavy atom. The van der Waals surface area contributed by atoms with Crippen LogP contribution in [-0.2, 0) is 16.2 Å². The zero-order chi connectivity index (χ0) is 25.6. The zero-order valence-electron chi connectivity index (χ0n) is 17.5. The second-order valence-electron chi connectivity index (χ2n) is 7.33. The maximum absolute atomic E-state index is 13.2. The molecule has 1 N–H and O–H groups in total. The van der Waals surface area contributed by atoms with Gasteiger partial charge >= 0.3 is 12.4 Å². The summed E-state index contributed by atoms with van der Waals surface area (Å²) in [5.74, 6) is 0.198. The van der Waals surface area contributed by atoms with Crippen molar-refractivity contribution in [2.45, 2.75) is 30.2 Å². The van der Waals surface area contributed by atoms with Gasteiger partial charge in [0.1, 0.15) is 16.6 Å². The van der Waals surface area contributed by atoms with Crippen LogP contribution in [0, 0.1) is 0 Å². The molecule has 15 heteroatoms. The molecule has 0 aliphatic heterocycles. The van der Waals surface area contributed by atoms with Crippen LogP contribution >= 0.6 is 0 Å². The normalized spacial score (nSPS) is 13.8. The minimum atomic E-state index is -4.79. The van der Waals surface area contributed by atoms with E-state index >= 15 is 0 Å². The summed E-state index contributed by atoms with van der Waals surface area (Å²) in [6.07, 6.45) is -3.85. The Balaban J connectivity index is 1.81. The van der Waals surface area contributed by atoms with E-state index in [1.807, 2.05) is 0 Å². The molecule has 0 bridgehead atoms. The maximum Gasteiger partial charge on any atom is 0.417 e. The number of nitrogens with one attached hydrogen (secondary N) is 1. The highest BCUT2D eigenvalue weighted by Gasteiger charge is 2.39. The van der Waals surface area contributed by atoms with Crippen molar-refractivity contribution >= 4 is 21.1 Å². The molecule has 0 spiro atoms. The van der Waals surface area contributed by atoms with Gasteiger partial charge in [-0.05, 0) is 31.2 Å². The maximum atomic E-state index is 13.2. The number of rotatable bonds is 5. The molecule has 35 heavy (non-hydrogen) atoms. The molecular formula is C20H14F6N6O2S. The SMILES string of the molecule is C[C@H](NS(=O)(=O)c1ccc(-c2cc3cc(C(F)(F)F)cnc3n2-c2cnccn2)nc1)C(F)(F)F. The van der Waals surface area contributed by atoms with Gasteiger partial charge in [-0.25, -0.2) is 18.4 Å². The lowest BCUT2D eigenvalue weighted by Crippen LogP contribution is -2.42. The van der Waals surface area contributed by atoms with E-state index in [0.29, 0.717) is 13.1 Å². The Morgan fingerprint density at radius 2 is 1.69 bits per heavy atom. The van der Waals surface area contributed by atoms with Gasteiger partial charge in [-0.1, -0.05) is 0 Å². The Bertz CT molecular complexity index is 1470. The number of aromatic nitrogens is 5. The third kappa shape index (κ3) is 4.95. The van der Waals surface area contributed by atoms with Gasteiger partial charge in [0, 0.05) is 30.2 Å². The van der Waals surface area contributed by atoms with Gasteiger partial charge in [0.05, 0.1) is 23.1 Å². The second-order valence-corrected chi connectivity index (χ2v) is 9.04. The van der Waals surface area contributed by atoms with Crippen molar-refractivity contribution in [2.24, 2.45) is 0 Å². The number of fused-ring (bicyclic) bond motifs is 1. The first-order valence-electron chi connectivity index (χ1n) is 9.68. The van der Waals surface area contributed by atoms with Gasteiger partial charge < -0.3 is 0 Å². The zero-order valence-corrected chi connectivity index (χ0v) is 18.3. The first kappa shape index (κ1) is 24.5. The average Bonchev–Trinajstić information content (AvgIpc) is 3.17. The highest BCUT2D eigenvalue weighted by atomic mass is 32.2. The fourth-order valence-electron chi connectivity index (χ4n) is 3.13. The molecule has 8 nitrogen and oxygen atoms in total. The largest absolute Gasteiger partial charge is 0.417 e. The molecule has 0 aliphatic carbocycles. The second kappa shape index (κ2) is 8.57. The van der Waals surface area contributed by atoms with Crippen LogP contribution < -0.4 is 4.72 Å². The number of halogens is 6. The lowest BCUT2D eigenvalue weighted by Gasteiger charge is -2.17. The van der Waals surface area contributed by atoms with Gasteiger partial charge in [-0.3, -0.25) is 14.5 Å². The number of alkyl halides is 6. The van der Waals surface area contributed by atoms with E-state index in [2.05, 4.69) is 19.9 Å². The predicted molar refractivity (Wildman–Crippen MR) is 111 cm³/mol. The van der Waals surface area contributed by atoms with E-state index in [1.54, 1.807) is 0 Å². The molecule has 4 aromatic rings. The van der Waals surface area contributed by atoms with Crippen molar-refractivity contribution in [3.8, 4) is 17.2 Å². The van der Waals surface area contributed by atoms with Gasteiger partial charge in [0.25, 0.3) is 0 Å². The van der Waals surface area contributed by atoms with Crippen molar-refractivity contribution in [3.05, 3.63) is 60.8 Å². The van der Waals surface area contributed by atoms with Crippen LogP contribution in [0.1, 0.15) is 12.5 Å². The first-order valence-corrected chi connectivity index (χ1v) is 11.2. The van der Waals surface area contributed by atoms with Crippen molar-refractivity contribution in [1.82, 2.24) is 29.2 Å². The quantitative estimate of drug-likeness (QED) is 0.401. The Kier molecular flexibility index (Phi) is 6.00. The van der Waals surface area contributed by atoms with Gasteiger partial charge in [0.2, 0.25) is 10.0 Å². The molecule has 0 saturated carbocycles. The number of hydrogen-bond acceptors (Lipinski definition) is 6. The summed E-state index contributed by atoms with van der Waals surface area (Å²) in [5.41, 5.74) is -0.572. The van der Waals surface area contributed by atoms with E-state index in [4.69, 9.17) is 0 Å². The molecule has 0 aliphatic rings. The van der Waals surface area contributed by atoms with Crippen LogP contribution in [0.4, 0.5) is 26.3 Å². The number of sulfonamides is 1. The summed E-state index contributed by atoms with van der Waals surface area (Å²) in [6, 6.07) is 2.15.